The summed E-state index contributed by atoms with van der Waals surface area (Å²) in [4.78, 5) is 11.7. The van der Waals surface area contributed by atoms with Gasteiger partial charge in [-0.15, -0.1) is 0 Å². The number of carbonyl (C=O) groups excluding carboxylic acids is 1. The summed E-state index contributed by atoms with van der Waals surface area (Å²) in [6.07, 6.45) is 3.08. The highest BCUT2D eigenvalue weighted by Gasteiger charge is 2.15. The Labute approximate surface area is 115 Å². The number of anilines is 2. The molecule has 0 saturated carbocycles. The van der Waals surface area contributed by atoms with E-state index in [1.165, 1.54) is 12.3 Å². The van der Waals surface area contributed by atoms with Crippen LogP contribution in [0.2, 0.25) is 0 Å². The summed E-state index contributed by atoms with van der Waals surface area (Å²) < 4.78 is 23.6. The summed E-state index contributed by atoms with van der Waals surface area (Å²) in [6, 6.07) is 4.21. The molecule has 3 N–H and O–H groups in total. The minimum absolute atomic E-state index is 0.0508. The van der Waals surface area contributed by atoms with Crippen molar-refractivity contribution in [3.8, 4) is 0 Å². The smallest absolute Gasteiger partial charge is 0.340 e. The van der Waals surface area contributed by atoms with E-state index < -0.39 is 11.8 Å². The van der Waals surface area contributed by atoms with Crippen LogP contribution in [0.1, 0.15) is 22.8 Å². The summed E-state index contributed by atoms with van der Waals surface area (Å²) in [5.74, 6) is -1.10. The van der Waals surface area contributed by atoms with Crippen LogP contribution in [-0.4, -0.2) is 12.6 Å². The molecule has 0 saturated heterocycles. The number of nitrogen functional groups attached to an aromatic ring is 1. The lowest BCUT2D eigenvalue weighted by Gasteiger charge is -2.11. The molecule has 1 heterocycles. The fourth-order valence-corrected chi connectivity index (χ4v) is 1.70. The molecule has 1 aromatic heterocycles. The van der Waals surface area contributed by atoms with Gasteiger partial charge in [0.05, 0.1) is 30.4 Å². The zero-order chi connectivity index (χ0) is 14.5. The quantitative estimate of drug-likeness (QED) is 0.649. The molecule has 106 valence electrons. The van der Waals surface area contributed by atoms with E-state index in [0.29, 0.717) is 6.54 Å². The second kappa shape index (κ2) is 6.10. The Hall–Kier alpha value is -2.50. The number of hydrogen-bond donors (Lipinski definition) is 2. The van der Waals surface area contributed by atoms with Gasteiger partial charge in [0.25, 0.3) is 0 Å². The summed E-state index contributed by atoms with van der Waals surface area (Å²) >= 11 is 0. The molecule has 0 aliphatic rings. The van der Waals surface area contributed by atoms with Crippen molar-refractivity contribution in [2.24, 2.45) is 0 Å². The molecule has 0 aliphatic heterocycles. The number of furan rings is 1. The molecule has 0 aliphatic carbocycles. The lowest BCUT2D eigenvalue weighted by Crippen LogP contribution is -2.10. The van der Waals surface area contributed by atoms with Gasteiger partial charge in [-0.1, -0.05) is 0 Å². The molecule has 0 bridgehead atoms. The molecule has 2 rings (SSSR count). The molecular formula is C14H15FN2O3. The third-order valence-electron chi connectivity index (χ3n) is 2.70. The first kappa shape index (κ1) is 13.9. The Morgan fingerprint density at radius 1 is 1.50 bits per heavy atom. The summed E-state index contributed by atoms with van der Waals surface area (Å²) in [5, 5.41) is 2.88. The van der Waals surface area contributed by atoms with Crippen LogP contribution >= 0.6 is 0 Å². The van der Waals surface area contributed by atoms with Crippen molar-refractivity contribution in [1.82, 2.24) is 0 Å². The molecule has 2 aromatic rings. The van der Waals surface area contributed by atoms with E-state index in [-0.39, 0.29) is 23.5 Å². The van der Waals surface area contributed by atoms with E-state index in [4.69, 9.17) is 14.9 Å². The molecule has 0 spiro atoms. The summed E-state index contributed by atoms with van der Waals surface area (Å²) in [7, 11) is 0. The maximum Gasteiger partial charge on any atom is 0.340 e. The topological polar surface area (TPSA) is 77.5 Å². The number of nitrogens with one attached hydrogen (secondary N) is 1. The van der Waals surface area contributed by atoms with E-state index in [1.807, 2.05) is 0 Å². The van der Waals surface area contributed by atoms with E-state index in [2.05, 4.69) is 5.32 Å². The number of carbonyl (C=O) groups is 1. The minimum Gasteiger partial charge on any atom is -0.472 e. The van der Waals surface area contributed by atoms with Gasteiger partial charge in [-0.25, -0.2) is 9.18 Å². The van der Waals surface area contributed by atoms with Gasteiger partial charge in [0, 0.05) is 17.8 Å². The summed E-state index contributed by atoms with van der Waals surface area (Å²) in [5.41, 5.74) is 6.86. The molecule has 0 atom stereocenters. The van der Waals surface area contributed by atoms with Crippen LogP contribution in [0.4, 0.5) is 15.8 Å². The van der Waals surface area contributed by atoms with Gasteiger partial charge in [-0.05, 0) is 25.1 Å². The van der Waals surface area contributed by atoms with Gasteiger partial charge >= 0.3 is 5.97 Å². The van der Waals surface area contributed by atoms with Crippen molar-refractivity contribution in [2.45, 2.75) is 13.5 Å². The van der Waals surface area contributed by atoms with Gasteiger partial charge < -0.3 is 20.2 Å². The molecule has 0 unspecified atom stereocenters. The molecule has 0 fully saturated rings. The second-order valence-corrected chi connectivity index (χ2v) is 4.12. The SMILES string of the molecule is CCOC(=O)c1cc(NCc2ccoc2)c(F)cc1N. The monoisotopic (exact) mass is 278 g/mol. The first-order valence-corrected chi connectivity index (χ1v) is 6.13. The highest BCUT2D eigenvalue weighted by Crippen LogP contribution is 2.23. The molecule has 20 heavy (non-hydrogen) atoms. The molecule has 5 nitrogen and oxygen atoms in total. The van der Waals surface area contributed by atoms with Crippen molar-refractivity contribution in [1.29, 1.82) is 0 Å². The van der Waals surface area contributed by atoms with Crippen molar-refractivity contribution < 1.29 is 18.3 Å². The maximum absolute atomic E-state index is 13.8. The minimum atomic E-state index is -0.573. The lowest BCUT2D eigenvalue weighted by molar-refractivity contribution is 0.0527. The second-order valence-electron chi connectivity index (χ2n) is 4.12. The highest BCUT2D eigenvalue weighted by atomic mass is 19.1. The standard InChI is InChI=1S/C14H15FN2O3/c1-2-20-14(18)10-5-13(11(15)6-12(10)16)17-7-9-3-4-19-8-9/h3-6,8,17H,2,7,16H2,1H3. The number of rotatable bonds is 5. The zero-order valence-electron chi connectivity index (χ0n) is 11.0. The largest absolute Gasteiger partial charge is 0.472 e. The third-order valence-corrected chi connectivity index (χ3v) is 2.70. The molecule has 0 radical (unpaired) electrons. The molecule has 1 aromatic carbocycles. The van der Waals surface area contributed by atoms with Crippen LogP contribution in [0.3, 0.4) is 0 Å². The van der Waals surface area contributed by atoms with Crippen molar-refractivity contribution in [3.63, 3.8) is 0 Å². The van der Waals surface area contributed by atoms with Crippen LogP contribution in [0, 0.1) is 5.82 Å². The van der Waals surface area contributed by atoms with Crippen LogP contribution in [0.15, 0.2) is 35.1 Å². The zero-order valence-corrected chi connectivity index (χ0v) is 11.0. The van der Waals surface area contributed by atoms with Crippen molar-refractivity contribution in [3.05, 3.63) is 47.7 Å². The van der Waals surface area contributed by atoms with E-state index in [0.717, 1.165) is 11.6 Å². The van der Waals surface area contributed by atoms with Gasteiger partial charge in [0.1, 0.15) is 5.82 Å². The predicted octanol–water partition coefficient (Wildman–Crippen LogP) is 2.79. The van der Waals surface area contributed by atoms with Gasteiger partial charge in [0.2, 0.25) is 0 Å². The van der Waals surface area contributed by atoms with Gasteiger partial charge in [-0.2, -0.15) is 0 Å². The van der Waals surface area contributed by atoms with Crippen LogP contribution < -0.4 is 11.1 Å². The Kier molecular flexibility index (Phi) is 4.24. The van der Waals surface area contributed by atoms with E-state index in [9.17, 15) is 9.18 Å². The lowest BCUT2D eigenvalue weighted by atomic mass is 10.1. The Morgan fingerprint density at radius 3 is 2.95 bits per heavy atom. The number of hydrogen-bond acceptors (Lipinski definition) is 5. The third kappa shape index (κ3) is 3.09. The van der Waals surface area contributed by atoms with E-state index in [1.54, 1.807) is 19.3 Å². The molecule has 6 heteroatoms. The maximum atomic E-state index is 13.8. The Morgan fingerprint density at radius 2 is 2.30 bits per heavy atom. The first-order chi connectivity index (χ1) is 9.61. The normalized spacial score (nSPS) is 10.3. The Bertz CT molecular complexity index is 597. The number of nitrogens with two attached hydrogens (primary N) is 1. The fraction of sp³-hybridized carbons (Fsp3) is 0.214. The van der Waals surface area contributed by atoms with E-state index >= 15 is 0 Å². The predicted molar refractivity (Wildman–Crippen MR) is 72.8 cm³/mol. The highest BCUT2D eigenvalue weighted by molar-refractivity contribution is 5.96. The van der Waals surface area contributed by atoms with Crippen LogP contribution in [-0.2, 0) is 11.3 Å². The average molecular weight is 278 g/mol. The number of ether oxygens (including phenoxy) is 1. The number of halogens is 1. The number of esters is 1. The Balaban J connectivity index is 2.19. The van der Waals surface area contributed by atoms with Crippen LogP contribution in [0.25, 0.3) is 0 Å². The van der Waals surface area contributed by atoms with Crippen molar-refractivity contribution >= 4 is 17.3 Å². The molecular weight excluding hydrogens is 263 g/mol. The van der Waals surface area contributed by atoms with Crippen molar-refractivity contribution in [2.75, 3.05) is 17.7 Å². The summed E-state index contributed by atoms with van der Waals surface area (Å²) in [6.45, 7) is 2.29. The van der Waals surface area contributed by atoms with Crippen LogP contribution in [0.5, 0.6) is 0 Å². The first-order valence-electron chi connectivity index (χ1n) is 6.13. The van der Waals surface area contributed by atoms with Gasteiger partial charge in [0.15, 0.2) is 0 Å². The number of benzene rings is 1. The average Bonchev–Trinajstić information content (AvgIpc) is 2.91. The molecule has 0 amide bonds. The fourth-order valence-electron chi connectivity index (χ4n) is 1.70. The van der Waals surface area contributed by atoms with Gasteiger partial charge in [-0.3, -0.25) is 0 Å².